The van der Waals surface area contributed by atoms with Crippen LogP contribution in [0, 0.1) is 11.3 Å². The number of nitrogens with one attached hydrogen (secondary N) is 3. The Balaban J connectivity index is 5.56. The summed E-state index contributed by atoms with van der Waals surface area (Å²) in [5, 5.41) is 27.7. The van der Waals surface area contributed by atoms with Crippen molar-refractivity contribution in [3.63, 3.8) is 0 Å². The number of nitrogens with two attached hydrogens (primary N) is 1. The Morgan fingerprint density at radius 2 is 1.58 bits per heavy atom. The monoisotopic (exact) mass is 541 g/mol. The first kappa shape index (κ1) is 35.5. The number of carboxylic acids is 1. The van der Waals surface area contributed by atoms with Gasteiger partial charge in [0, 0.05) is 19.2 Å². The van der Waals surface area contributed by atoms with E-state index in [0.29, 0.717) is 31.4 Å². The van der Waals surface area contributed by atoms with Crippen LogP contribution >= 0.6 is 0 Å². The molecular weight excluding hydrogens is 490 g/mol. The van der Waals surface area contributed by atoms with Crippen molar-refractivity contribution in [3.8, 4) is 0 Å². The topological polar surface area (TPSA) is 174 Å². The highest BCUT2D eigenvalue weighted by Crippen LogP contribution is 2.24. The summed E-state index contributed by atoms with van der Waals surface area (Å²) in [5.41, 5.74) is 3.97. The van der Waals surface area contributed by atoms with E-state index >= 15 is 0 Å². The Kier molecular flexibility index (Phi) is 14.2. The Hall–Kier alpha value is -2.50. The summed E-state index contributed by atoms with van der Waals surface area (Å²) in [6.45, 7) is 14.5. The highest BCUT2D eigenvalue weighted by molar-refractivity contribution is 5.93. The van der Waals surface area contributed by atoms with Crippen LogP contribution < -0.4 is 21.7 Å². The van der Waals surface area contributed by atoms with Crippen LogP contribution in [0.5, 0.6) is 0 Å². The molecule has 0 aliphatic rings. The first-order chi connectivity index (χ1) is 17.2. The molecular formula is C27H51N5O6. The first-order valence-corrected chi connectivity index (χ1v) is 13.2. The number of likely N-dealkylation sites (N-methyl/N-ethyl adjacent to an activating group) is 2. The second-order valence-corrected chi connectivity index (χ2v) is 11.9. The quantitative estimate of drug-likeness (QED) is 0.131. The third-order valence-electron chi connectivity index (χ3n) is 6.46. The van der Waals surface area contributed by atoms with E-state index in [0.717, 1.165) is 0 Å². The molecule has 0 aromatic carbocycles. The fourth-order valence-corrected chi connectivity index (χ4v) is 4.07. The molecule has 7 N–H and O–H groups in total. The van der Waals surface area contributed by atoms with E-state index in [2.05, 4.69) is 16.0 Å². The highest BCUT2D eigenvalue weighted by Gasteiger charge is 2.40. The molecule has 0 bridgehead atoms. The first-order valence-electron chi connectivity index (χ1n) is 13.2. The van der Waals surface area contributed by atoms with Crippen LogP contribution in [0.25, 0.3) is 0 Å². The molecule has 0 aromatic rings. The van der Waals surface area contributed by atoms with Crippen molar-refractivity contribution in [2.75, 3.05) is 20.6 Å². The average Bonchev–Trinajstić information content (AvgIpc) is 2.77. The van der Waals surface area contributed by atoms with Crippen LogP contribution in [-0.2, 0) is 19.2 Å². The molecule has 38 heavy (non-hydrogen) atoms. The van der Waals surface area contributed by atoms with Gasteiger partial charge in [0.15, 0.2) is 0 Å². The number of hydrogen-bond donors (Lipinski definition) is 6. The molecule has 1 unspecified atom stereocenters. The predicted octanol–water partition coefficient (Wildman–Crippen LogP) is 1.00. The lowest BCUT2D eigenvalue weighted by Gasteiger charge is -2.38. The maximum absolute atomic E-state index is 13.7. The summed E-state index contributed by atoms with van der Waals surface area (Å²) in [7, 11) is 3.22. The zero-order valence-electron chi connectivity index (χ0n) is 24.8. The zero-order chi connectivity index (χ0) is 30.0. The van der Waals surface area contributed by atoms with Crippen molar-refractivity contribution in [1.82, 2.24) is 20.9 Å². The summed E-state index contributed by atoms with van der Waals surface area (Å²) >= 11 is 0. The van der Waals surface area contributed by atoms with Gasteiger partial charge in [-0.05, 0) is 58.4 Å². The molecule has 0 saturated carbocycles. The fourth-order valence-electron chi connectivity index (χ4n) is 4.07. The minimum absolute atomic E-state index is 0.0260. The van der Waals surface area contributed by atoms with Gasteiger partial charge in [-0.15, -0.1) is 0 Å². The Morgan fingerprint density at radius 3 is 2.00 bits per heavy atom. The molecule has 220 valence electrons. The van der Waals surface area contributed by atoms with Crippen molar-refractivity contribution >= 4 is 23.7 Å². The van der Waals surface area contributed by atoms with Crippen molar-refractivity contribution < 1.29 is 29.4 Å². The summed E-state index contributed by atoms with van der Waals surface area (Å²) in [5.74, 6) is -2.14. The van der Waals surface area contributed by atoms with Crippen LogP contribution in [0.15, 0.2) is 11.6 Å². The zero-order valence-corrected chi connectivity index (χ0v) is 24.8. The number of rotatable bonds is 15. The third-order valence-corrected chi connectivity index (χ3v) is 6.46. The number of carbonyl (C=O) groups excluding carboxylic acids is 3. The summed E-state index contributed by atoms with van der Waals surface area (Å²) in [4.78, 5) is 51.7. The Bertz CT molecular complexity index is 844. The predicted molar refractivity (Wildman–Crippen MR) is 148 cm³/mol. The molecule has 0 spiro atoms. The van der Waals surface area contributed by atoms with Crippen LogP contribution in [0.3, 0.4) is 0 Å². The molecule has 11 heteroatoms. The van der Waals surface area contributed by atoms with Crippen LogP contribution in [0.2, 0.25) is 0 Å². The third kappa shape index (κ3) is 11.5. The lowest BCUT2D eigenvalue weighted by molar-refractivity contribution is -0.142. The van der Waals surface area contributed by atoms with Gasteiger partial charge in [0.05, 0.1) is 11.6 Å². The lowest BCUT2D eigenvalue weighted by Crippen LogP contribution is -2.62. The molecule has 0 rings (SSSR count). The minimum Gasteiger partial charge on any atom is -0.480 e. The summed E-state index contributed by atoms with van der Waals surface area (Å²) < 4.78 is 0. The normalized spacial score (nSPS) is 15.9. The van der Waals surface area contributed by atoms with Crippen molar-refractivity contribution in [1.29, 1.82) is 0 Å². The number of amides is 3. The van der Waals surface area contributed by atoms with Gasteiger partial charge in [0.2, 0.25) is 17.7 Å². The number of aliphatic hydroxyl groups is 1. The molecule has 4 atom stereocenters. The fraction of sp³-hybridized carbons (Fsp3) is 0.778. The van der Waals surface area contributed by atoms with Crippen LogP contribution in [0.1, 0.15) is 74.7 Å². The van der Waals surface area contributed by atoms with E-state index in [1.165, 1.54) is 13.8 Å². The summed E-state index contributed by atoms with van der Waals surface area (Å²) in [6, 6.07) is -3.12. The van der Waals surface area contributed by atoms with Crippen molar-refractivity contribution in [3.05, 3.63) is 11.6 Å². The smallest absolute Gasteiger partial charge is 0.320 e. The van der Waals surface area contributed by atoms with Gasteiger partial charge < -0.3 is 36.8 Å². The number of carbonyl (C=O) groups is 4. The molecule has 0 heterocycles. The van der Waals surface area contributed by atoms with Gasteiger partial charge in [-0.3, -0.25) is 19.2 Å². The van der Waals surface area contributed by atoms with Crippen LogP contribution in [0.4, 0.5) is 0 Å². The number of aliphatic carboxylic acids is 1. The van der Waals surface area contributed by atoms with Gasteiger partial charge in [-0.1, -0.05) is 40.7 Å². The van der Waals surface area contributed by atoms with E-state index in [4.69, 9.17) is 10.8 Å². The van der Waals surface area contributed by atoms with E-state index in [1.54, 1.807) is 32.0 Å². The molecule has 0 radical (unpaired) electrons. The van der Waals surface area contributed by atoms with Crippen LogP contribution in [-0.4, -0.2) is 89.2 Å². The van der Waals surface area contributed by atoms with Gasteiger partial charge in [0.1, 0.15) is 18.1 Å². The maximum Gasteiger partial charge on any atom is 0.320 e. The molecule has 0 aromatic heterocycles. The molecule has 0 aliphatic heterocycles. The van der Waals surface area contributed by atoms with Crippen molar-refractivity contribution in [2.45, 2.75) is 104 Å². The van der Waals surface area contributed by atoms with Gasteiger partial charge in [-0.2, -0.15) is 0 Å². The van der Waals surface area contributed by atoms with Gasteiger partial charge in [0.25, 0.3) is 0 Å². The second-order valence-electron chi connectivity index (χ2n) is 11.9. The maximum atomic E-state index is 13.7. The number of carboxylic acid groups (broad SMARTS) is 1. The van der Waals surface area contributed by atoms with Gasteiger partial charge >= 0.3 is 5.97 Å². The number of hydrogen-bond acceptors (Lipinski definition) is 7. The highest BCUT2D eigenvalue weighted by atomic mass is 16.4. The molecule has 11 nitrogen and oxygen atoms in total. The molecule has 0 aliphatic carbocycles. The van der Waals surface area contributed by atoms with E-state index < -0.39 is 47.1 Å². The molecule has 0 fully saturated rings. The second kappa shape index (κ2) is 15.2. The SMILES string of the molecule is CN[C@H](C(=O)N[C@H](C(=O)N(C)[C@H](/C=C(\C)C(=O)NCCCCC(N)C(=O)O)C(C)C)C(C)(C)C)C(C)(C)O. The minimum atomic E-state index is -1.34. The van der Waals surface area contributed by atoms with E-state index in [9.17, 15) is 24.3 Å². The number of unbranched alkanes of at least 4 members (excludes halogenated alkanes) is 1. The largest absolute Gasteiger partial charge is 0.480 e. The lowest BCUT2D eigenvalue weighted by atomic mass is 9.84. The average molecular weight is 542 g/mol. The molecule has 3 amide bonds. The van der Waals surface area contributed by atoms with E-state index in [1.807, 2.05) is 34.6 Å². The number of nitrogens with zero attached hydrogens (tertiary/aromatic N) is 1. The van der Waals surface area contributed by atoms with Gasteiger partial charge in [-0.25, -0.2) is 0 Å². The van der Waals surface area contributed by atoms with E-state index in [-0.39, 0.29) is 17.7 Å². The summed E-state index contributed by atoms with van der Waals surface area (Å²) in [6.07, 6.45) is 3.24. The van der Waals surface area contributed by atoms with Crippen molar-refractivity contribution in [2.24, 2.45) is 17.1 Å². The standard InChI is InChI=1S/C27H51N5O6/c1-16(2)19(15-17(3)22(33)30-14-12-11-13-18(28)25(36)37)32(10)24(35)21(26(4,5)6)31-23(34)20(29-9)27(7,8)38/h15-16,18-21,29,38H,11-14,28H2,1-10H3,(H,30,33)(H,31,34)(H,36,37)/b17-15+/t18?,19-,20-,21-/m1/s1. The molecule has 0 saturated heterocycles. The Morgan fingerprint density at radius 1 is 1.03 bits per heavy atom. The Labute approximate surface area is 228 Å².